The summed E-state index contributed by atoms with van der Waals surface area (Å²) in [4.78, 5) is 0.0469. The molecule has 0 bridgehead atoms. The van der Waals surface area contributed by atoms with Gasteiger partial charge in [-0.2, -0.15) is 0 Å². The quantitative estimate of drug-likeness (QED) is 0.802. The van der Waals surface area contributed by atoms with Gasteiger partial charge in [-0.15, -0.1) is 0 Å². The van der Waals surface area contributed by atoms with E-state index in [4.69, 9.17) is 0 Å². The molecule has 0 atom stereocenters. The monoisotopic (exact) mass is 317 g/mol. The number of hydrogen-bond donors (Lipinski definition) is 1. The van der Waals surface area contributed by atoms with E-state index in [-0.39, 0.29) is 10.4 Å². The molecule has 1 heterocycles. The standard InChI is InChI=1S/C15H15N3O3S/c1-9-7-10(2)14(11(3)8-9)18-22(19,20)13-6-4-5-12-15(13)17-21-16-12/h4-8,18H,1-3H3. The maximum Gasteiger partial charge on any atom is 0.264 e. The summed E-state index contributed by atoms with van der Waals surface area (Å²) in [5.74, 6) is 0. The van der Waals surface area contributed by atoms with E-state index in [2.05, 4.69) is 19.7 Å². The second-order valence-electron chi connectivity index (χ2n) is 5.27. The summed E-state index contributed by atoms with van der Waals surface area (Å²) in [5, 5.41) is 7.35. The first kappa shape index (κ1) is 14.5. The summed E-state index contributed by atoms with van der Waals surface area (Å²) in [6, 6.07) is 8.60. The number of aromatic nitrogens is 2. The summed E-state index contributed by atoms with van der Waals surface area (Å²) in [5.41, 5.74) is 4.02. The van der Waals surface area contributed by atoms with Gasteiger partial charge in [-0.1, -0.05) is 23.8 Å². The third-order valence-corrected chi connectivity index (χ3v) is 4.83. The Morgan fingerprint density at radius 1 is 1.05 bits per heavy atom. The van der Waals surface area contributed by atoms with Crippen LogP contribution in [0.1, 0.15) is 16.7 Å². The lowest BCUT2D eigenvalue weighted by Crippen LogP contribution is -2.15. The van der Waals surface area contributed by atoms with Crippen molar-refractivity contribution in [2.75, 3.05) is 4.72 Å². The summed E-state index contributed by atoms with van der Waals surface area (Å²) in [7, 11) is -3.78. The molecule has 0 radical (unpaired) electrons. The predicted octanol–water partition coefficient (Wildman–Crippen LogP) is 2.95. The summed E-state index contributed by atoms with van der Waals surface area (Å²) >= 11 is 0. The van der Waals surface area contributed by atoms with E-state index < -0.39 is 10.0 Å². The van der Waals surface area contributed by atoms with Crippen LogP contribution < -0.4 is 4.72 Å². The molecule has 0 saturated heterocycles. The lowest BCUT2D eigenvalue weighted by Gasteiger charge is -2.14. The summed E-state index contributed by atoms with van der Waals surface area (Å²) < 4.78 is 32.6. The Morgan fingerprint density at radius 2 is 1.73 bits per heavy atom. The van der Waals surface area contributed by atoms with Gasteiger partial charge < -0.3 is 0 Å². The van der Waals surface area contributed by atoms with Crippen LogP contribution in [0.5, 0.6) is 0 Å². The van der Waals surface area contributed by atoms with Gasteiger partial charge in [0.15, 0.2) is 5.52 Å². The molecule has 0 amide bonds. The van der Waals surface area contributed by atoms with E-state index in [9.17, 15) is 8.42 Å². The van der Waals surface area contributed by atoms with Crippen molar-refractivity contribution in [1.82, 2.24) is 10.3 Å². The fourth-order valence-corrected chi connectivity index (χ4v) is 3.88. The first-order valence-corrected chi connectivity index (χ1v) is 8.19. The lowest BCUT2D eigenvalue weighted by molar-refractivity contribution is 0.315. The van der Waals surface area contributed by atoms with E-state index in [1.807, 2.05) is 32.9 Å². The number of benzene rings is 2. The highest BCUT2D eigenvalue weighted by Gasteiger charge is 2.21. The van der Waals surface area contributed by atoms with Gasteiger partial charge in [0, 0.05) is 0 Å². The smallest absolute Gasteiger partial charge is 0.264 e. The van der Waals surface area contributed by atoms with Gasteiger partial charge in [0.1, 0.15) is 10.4 Å². The van der Waals surface area contributed by atoms with Gasteiger partial charge in [0.25, 0.3) is 10.0 Å². The Balaban J connectivity index is 2.10. The van der Waals surface area contributed by atoms with E-state index in [0.717, 1.165) is 16.7 Å². The van der Waals surface area contributed by atoms with Crippen molar-refractivity contribution in [2.24, 2.45) is 0 Å². The molecule has 0 aliphatic carbocycles. The number of sulfonamides is 1. The maximum atomic E-state index is 12.7. The number of rotatable bonds is 3. The van der Waals surface area contributed by atoms with Crippen LogP contribution in [0.4, 0.5) is 5.69 Å². The molecular weight excluding hydrogens is 302 g/mol. The predicted molar refractivity (Wildman–Crippen MR) is 83.3 cm³/mol. The average Bonchev–Trinajstić information content (AvgIpc) is 2.90. The Hall–Kier alpha value is -2.41. The van der Waals surface area contributed by atoms with Crippen LogP contribution in [0.3, 0.4) is 0 Å². The van der Waals surface area contributed by atoms with Crippen LogP contribution >= 0.6 is 0 Å². The number of anilines is 1. The van der Waals surface area contributed by atoms with Crippen molar-refractivity contribution in [3.8, 4) is 0 Å². The Labute approximate surface area is 128 Å². The van der Waals surface area contributed by atoms with Crippen LogP contribution in [0.25, 0.3) is 11.0 Å². The number of nitrogens with one attached hydrogen (secondary N) is 1. The van der Waals surface area contributed by atoms with Crippen LogP contribution in [0, 0.1) is 20.8 Å². The molecule has 2 aromatic carbocycles. The van der Waals surface area contributed by atoms with Crippen LogP contribution in [-0.2, 0) is 10.0 Å². The van der Waals surface area contributed by atoms with Gasteiger partial charge in [-0.25, -0.2) is 13.0 Å². The highest BCUT2D eigenvalue weighted by molar-refractivity contribution is 7.93. The van der Waals surface area contributed by atoms with Crippen LogP contribution in [0.15, 0.2) is 39.9 Å². The second-order valence-corrected chi connectivity index (χ2v) is 6.92. The summed E-state index contributed by atoms with van der Waals surface area (Å²) in [6.07, 6.45) is 0. The molecule has 1 N–H and O–H groups in total. The highest BCUT2D eigenvalue weighted by atomic mass is 32.2. The van der Waals surface area contributed by atoms with E-state index in [1.165, 1.54) is 6.07 Å². The molecule has 3 rings (SSSR count). The SMILES string of the molecule is Cc1cc(C)c(NS(=O)(=O)c2cccc3nonc23)c(C)c1. The van der Waals surface area contributed by atoms with Gasteiger partial charge >= 0.3 is 0 Å². The zero-order chi connectivity index (χ0) is 15.9. The minimum absolute atomic E-state index is 0.0469. The molecular formula is C15H15N3O3S. The van der Waals surface area contributed by atoms with Crippen molar-refractivity contribution in [3.05, 3.63) is 47.0 Å². The maximum absolute atomic E-state index is 12.7. The molecule has 6 nitrogen and oxygen atoms in total. The van der Waals surface area contributed by atoms with Gasteiger partial charge in [-0.3, -0.25) is 4.72 Å². The van der Waals surface area contributed by atoms with Crippen molar-refractivity contribution in [3.63, 3.8) is 0 Å². The molecule has 0 unspecified atom stereocenters. The number of fused-ring (bicyclic) bond motifs is 1. The van der Waals surface area contributed by atoms with Crippen molar-refractivity contribution in [2.45, 2.75) is 25.7 Å². The first-order valence-electron chi connectivity index (χ1n) is 6.70. The number of hydrogen-bond acceptors (Lipinski definition) is 5. The Bertz CT molecular complexity index is 938. The average molecular weight is 317 g/mol. The molecule has 114 valence electrons. The fourth-order valence-electron chi connectivity index (χ4n) is 2.53. The fraction of sp³-hybridized carbons (Fsp3) is 0.200. The highest BCUT2D eigenvalue weighted by Crippen LogP contribution is 2.27. The topological polar surface area (TPSA) is 85.1 Å². The molecule has 3 aromatic rings. The largest absolute Gasteiger partial charge is 0.279 e. The minimum Gasteiger partial charge on any atom is -0.279 e. The van der Waals surface area contributed by atoms with Crippen molar-refractivity contribution >= 4 is 26.7 Å². The van der Waals surface area contributed by atoms with E-state index in [1.54, 1.807) is 12.1 Å². The molecule has 0 spiro atoms. The normalized spacial score (nSPS) is 11.8. The zero-order valence-corrected chi connectivity index (χ0v) is 13.2. The number of aryl methyl sites for hydroxylation is 3. The Kier molecular flexibility index (Phi) is 3.37. The second kappa shape index (κ2) is 5.10. The van der Waals surface area contributed by atoms with E-state index >= 15 is 0 Å². The molecule has 0 aliphatic heterocycles. The lowest BCUT2D eigenvalue weighted by atomic mass is 10.1. The third-order valence-electron chi connectivity index (χ3n) is 3.45. The summed E-state index contributed by atoms with van der Waals surface area (Å²) in [6.45, 7) is 5.71. The zero-order valence-electron chi connectivity index (χ0n) is 12.4. The molecule has 0 fully saturated rings. The van der Waals surface area contributed by atoms with E-state index in [0.29, 0.717) is 11.2 Å². The molecule has 0 aliphatic rings. The van der Waals surface area contributed by atoms with Gasteiger partial charge in [0.05, 0.1) is 5.69 Å². The third kappa shape index (κ3) is 2.43. The molecule has 7 heteroatoms. The van der Waals surface area contributed by atoms with Crippen molar-refractivity contribution in [1.29, 1.82) is 0 Å². The van der Waals surface area contributed by atoms with Crippen molar-refractivity contribution < 1.29 is 13.0 Å². The van der Waals surface area contributed by atoms with Crippen LogP contribution in [0.2, 0.25) is 0 Å². The minimum atomic E-state index is -3.78. The van der Waals surface area contributed by atoms with Gasteiger partial charge in [0.2, 0.25) is 0 Å². The molecule has 22 heavy (non-hydrogen) atoms. The van der Waals surface area contributed by atoms with Crippen LogP contribution in [-0.4, -0.2) is 18.7 Å². The molecule has 1 aromatic heterocycles. The Morgan fingerprint density at radius 3 is 2.41 bits per heavy atom. The molecule has 0 saturated carbocycles. The van der Waals surface area contributed by atoms with Gasteiger partial charge in [-0.05, 0) is 54.3 Å². The number of nitrogens with zero attached hydrogens (tertiary/aromatic N) is 2. The first-order chi connectivity index (χ1) is 10.4.